The number of rotatable bonds is 4. The van der Waals surface area contributed by atoms with Crippen molar-refractivity contribution < 1.29 is 0 Å². The summed E-state index contributed by atoms with van der Waals surface area (Å²) in [6.45, 7) is 2.04. The topological polar surface area (TPSA) is 12.9 Å². The first-order valence-corrected chi connectivity index (χ1v) is 14.8. The van der Waals surface area contributed by atoms with Crippen LogP contribution < -0.4 is 0 Å². The molecule has 0 atom stereocenters. The zero-order chi connectivity index (χ0) is 28.8. The van der Waals surface area contributed by atoms with Crippen LogP contribution >= 0.6 is 0 Å². The molecule has 0 N–H and O–H groups in total. The number of nitrogens with zero attached hydrogens (tertiary/aromatic N) is 1. The molecule has 1 heteroatoms. The summed E-state index contributed by atoms with van der Waals surface area (Å²) in [5, 5.41) is 7.54. The van der Waals surface area contributed by atoms with Crippen LogP contribution in [0.4, 0.5) is 0 Å². The van der Waals surface area contributed by atoms with Gasteiger partial charge in [-0.1, -0.05) is 133 Å². The second-order valence-electron chi connectivity index (χ2n) is 11.2. The molecule has 0 aliphatic heterocycles. The van der Waals surface area contributed by atoms with E-state index in [1.54, 1.807) is 0 Å². The number of hydrogen-bond donors (Lipinski definition) is 0. The Kier molecular flexibility index (Phi) is 6.09. The molecule has 1 aromatic heterocycles. The van der Waals surface area contributed by atoms with Crippen LogP contribution in [0.15, 0.2) is 158 Å². The molecule has 8 rings (SSSR count). The maximum atomic E-state index is 4.74. The first-order valence-electron chi connectivity index (χ1n) is 14.8. The molecular weight excluding hydrogens is 518 g/mol. The molecule has 0 spiro atoms. The molecule has 0 amide bonds. The summed E-state index contributed by atoms with van der Waals surface area (Å²) in [4.78, 5) is 4.74. The van der Waals surface area contributed by atoms with E-state index >= 15 is 0 Å². The molecule has 0 aliphatic carbocycles. The number of aryl methyl sites for hydroxylation is 1. The molecular formula is C42H29N. The van der Waals surface area contributed by atoms with Gasteiger partial charge in [0.05, 0.1) is 5.69 Å². The fraction of sp³-hybridized carbons (Fsp3) is 0.0238. The van der Waals surface area contributed by atoms with Gasteiger partial charge in [0.25, 0.3) is 0 Å². The molecule has 0 unspecified atom stereocenters. The van der Waals surface area contributed by atoms with Crippen LogP contribution in [0.3, 0.4) is 0 Å². The van der Waals surface area contributed by atoms with Crippen molar-refractivity contribution in [2.24, 2.45) is 0 Å². The molecule has 1 heterocycles. The molecule has 0 bridgehead atoms. The molecule has 0 saturated carbocycles. The molecule has 43 heavy (non-hydrogen) atoms. The van der Waals surface area contributed by atoms with Gasteiger partial charge >= 0.3 is 0 Å². The van der Waals surface area contributed by atoms with Crippen molar-refractivity contribution >= 4 is 32.3 Å². The Balaban J connectivity index is 1.42. The van der Waals surface area contributed by atoms with E-state index in [2.05, 4.69) is 152 Å². The number of fused-ring (bicyclic) bond motifs is 3. The molecule has 1 nitrogen and oxygen atoms in total. The van der Waals surface area contributed by atoms with Gasteiger partial charge in [-0.3, -0.25) is 4.98 Å². The summed E-state index contributed by atoms with van der Waals surface area (Å²) < 4.78 is 0. The Morgan fingerprint density at radius 1 is 0.372 bits per heavy atom. The fourth-order valence-corrected chi connectivity index (χ4v) is 6.56. The van der Waals surface area contributed by atoms with Gasteiger partial charge in [0, 0.05) is 11.3 Å². The third kappa shape index (κ3) is 4.38. The number of pyridine rings is 1. The van der Waals surface area contributed by atoms with Crippen molar-refractivity contribution in [2.45, 2.75) is 6.92 Å². The van der Waals surface area contributed by atoms with Gasteiger partial charge in [-0.2, -0.15) is 0 Å². The van der Waals surface area contributed by atoms with E-state index in [1.807, 2.05) is 13.0 Å². The second-order valence-corrected chi connectivity index (χ2v) is 11.2. The standard InChI is InChI=1S/C42H29N/c1-28-12-11-21-40(43-28)30-22-24-31(25-23-30)41-35-17-7-9-19-37(35)42(38-20-10-8-18-36(38)41)39-27-33(29-13-3-2-4-14-29)26-32-15-5-6-16-34(32)39/h2-27H,1H3. The number of aromatic nitrogens is 1. The SMILES string of the molecule is Cc1cccc(-c2ccc(-c3c4ccccc4c(-c4cc(-c5ccccc5)cc5ccccc45)c4ccccc34)cc2)n1. The Morgan fingerprint density at radius 2 is 0.930 bits per heavy atom. The molecule has 0 saturated heterocycles. The Labute approximate surface area is 251 Å². The van der Waals surface area contributed by atoms with E-state index in [1.165, 1.54) is 65.7 Å². The zero-order valence-corrected chi connectivity index (χ0v) is 24.0. The van der Waals surface area contributed by atoms with Gasteiger partial charge in [0.15, 0.2) is 0 Å². The van der Waals surface area contributed by atoms with Crippen molar-refractivity contribution in [3.8, 4) is 44.6 Å². The highest BCUT2D eigenvalue weighted by Crippen LogP contribution is 2.46. The summed E-state index contributed by atoms with van der Waals surface area (Å²) in [5.74, 6) is 0. The largest absolute Gasteiger partial charge is 0.253 e. The van der Waals surface area contributed by atoms with Gasteiger partial charge in [-0.15, -0.1) is 0 Å². The lowest BCUT2D eigenvalue weighted by atomic mass is 9.83. The average Bonchev–Trinajstić information content (AvgIpc) is 3.07. The first kappa shape index (κ1) is 25.2. The van der Waals surface area contributed by atoms with Crippen molar-refractivity contribution in [2.75, 3.05) is 0 Å². The highest BCUT2D eigenvalue weighted by Gasteiger charge is 2.19. The first-order chi connectivity index (χ1) is 21.2. The van der Waals surface area contributed by atoms with Crippen LogP contribution in [0.5, 0.6) is 0 Å². The van der Waals surface area contributed by atoms with Crippen molar-refractivity contribution in [1.82, 2.24) is 4.98 Å². The highest BCUT2D eigenvalue weighted by molar-refractivity contribution is 6.23. The summed E-state index contributed by atoms with van der Waals surface area (Å²) in [6.07, 6.45) is 0. The monoisotopic (exact) mass is 547 g/mol. The zero-order valence-electron chi connectivity index (χ0n) is 24.0. The smallest absolute Gasteiger partial charge is 0.0705 e. The van der Waals surface area contributed by atoms with E-state index in [-0.39, 0.29) is 0 Å². The van der Waals surface area contributed by atoms with Crippen molar-refractivity contribution in [3.63, 3.8) is 0 Å². The van der Waals surface area contributed by atoms with Crippen LogP contribution in [-0.2, 0) is 0 Å². The summed E-state index contributed by atoms with van der Waals surface area (Å²) in [7, 11) is 0. The van der Waals surface area contributed by atoms with Gasteiger partial charge in [-0.05, 0) is 96.9 Å². The van der Waals surface area contributed by atoms with Crippen LogP contribution in [0.1, 0.15) is 5.69 Å². The van der Waals surface area contributed by atoms with Gasteiger partial charge in [0.1, 0.15) is 0 Å². The maximum absolute atomic E-state index is 4.74. The van der Waals surface area contributed by atoms with E-state index in [0.717, 1.165) is 17.0 Å². The lowest BCUT2D eigenvalue weighted by Crippen LogP contribution is -1.93. The summed E-state index contributed by atoms with van der Waals surface area (Å²) in [6, 6.07) is 57.0. The number of benzene rings is 7. The molecule has 202 valence electrons. The minimum atomic E-state index is 1.00. The normalized spacial score (nSPS) is 11.4. The summed E-state index contributed by atoms with van der Waals surface area (Å²) in [5.41, 5.74) is 10.6. The Morgan fingerprint density at radius 3 is 1.58 bits per heavy atom. The molecule has 0 aliphatic rings. The quantitative estimate of drug-likeness (QED) is 0.200. The molecule has 0 radical (unpaired) electrons. The third-order valence-electron chi connectivity index (χ3n) is 8.53. The average molecular weight is 548 g/mol. The predicted octanol–water partition coefficient (Wildman–Crippen LogP) is 11.5. The minimum absolute atomic E-state index is 1.00. The van der Waals surface area contributed by atoms with Crippen LogP contribution in [0.2, 0.25) is 0 Å². The van der Waals surface area contributed by atoms with Crippen molar-refractivity contribution in [1.29, 1.82) is 0 Å². The molecule has 8 aromatic rings. The van der Waals surface area contributed by atoms with Crippen LogP contribution in [0, 0.1) is 6.92 Å². The van der Waals surface area contributed by atoms with Crippen LogP contribution in [0.25, 0.3) is 77.0 Å². The molecule has 0 fully saturated rings. The maximum Gasteiger partial charge on any atom is 0.0705 e. The Hall–Kier alpha value is -5.53. The van der Waals surface area contributed by atoms with E-state index in [0.29, 0.717) is 0 Å². The van der Waals surface area contributed by atoms with Gasteiger partial charge < -0.3 is 0 Å². The van der Waals surface area contributed by atoms with E-state index in [4.69, 9.17) is 4.98 Å². The van der Waals surface area contributed by atoms with Gasteiger partial charge in [-0.25, -0.2) is 0 Å². The lowest BCUT2D eigenvalue weighted by Gasteiger charge is -2.20. The minimum Gasteiger partial charge on any atom is -0.253 e. The predicted molar refractivity (Wildman–Crippen MR) is 183 cm³/mol. The lowest BCUT2D eigenvalue weighted by molar-refractivity contribution is 1.21. The van der Waals surface area contributed by atoms with E-state index in [9.17, 15) is 0 Å². The molecule has 7 aromatic carbocycles. The van der Waals surface area contributed by atoms with Crippen LogP contribution in [-0.4, -0.2) is 4.98 Å². The Bertz CT molecular complexity index is 2220. The van der Waals surface area contributed by atoms with E-state index < -0.39 is 0 Å². The third-order valence-corrected chi connectivity index (χ3v) is 8.53. The summed E-state index contributed by atoms with van der Waals surface area (Å²) >= 11 is 0. The van der Waals surface area contributed by atoms with Crippen molar-refractivity contribution in [3.05, 3.63) is 163 Å². The highest BCUT2D eigenvalue weighted by atomic mass is 14.7. The van der Waals surface area contributed by atoms with Gasteiger partial charge in [0.2, 0.25) is 0 Å². The fourth-order valence-electron chi connectivity index (χ4n) is 6.56. The number of hydrogen-bond acceptors (Lipinski definition) is 1. The second kappa shape index (κ2) is 10.4.